The number of benzene rings is 1. The lowest BCUT2D eigenvalue weighted by molar-refractivity contribution is -0.156. The zero-order chi connectivity index (χ0) is 22.6. The van der Waals surface area contributed by atoms with Gasteiger partial charge in [-0.2, -0.15) is 0 Å². The number of nitrogens with zero attached hydrogens (tertiary/aromatic N) is 2. The van der Waals surface area contributed by atoms with Crippen molar-refractivity contribution in [3.8, 4) is 0 Å². The molecule has 0 aliphatic heterocycles. The highest BCUT2D eigenvalue weighted by molar-refractivity contribution is 7.80. The third kappa shape index (κ3) is 4.23. The zero-order valence-corrected chi connectivity index (χ0v) is 18.6. The first-order chi connectivity index (χ1) is 15.5. The lowest BCUT2D eigenvalue weighted by Gasteiger charge is -2.44. The number of esters is 2. The molecule has 4 rings (SSSR count). The molecule has 1 aliphatic rings. The first-order valence-corrected chi connectivity index (χ1v) is 11.0. The maximum absolute atomic E-state index is 12.7. The number of nitrogens with one attached hydrogen (secondary N) is 1. The Hall–Kier alpha value is -3.26. The van der Waals surface area contributed by atoms with E-state index in [0.717, 1.165) is 30.5 Å². The van der Waals surface area contributed by atoms with Gasteiger partial charge in [-0.25, -0.2) is 14.6 Å². The molecule has 32 heavy (non-hydrogen) atoms. The van der Waals surface area contributed by atoms with Gasteiger partial charge >= 0.3 is 11.9 Å². The summed E-state index contributed by atoms with van der Waals surface area (Å²) in [5, 5.41) is 3.12. The average Bonchev–Trinajstić information content (AvgIpc) is 3.31. The summed E-state index contributed by atoms with van der Waals surface area (Å²) in [6, 6.07) is 12.5. The number of hydrogen-bond donors (Lipinski definition) is 1. The van der Waals surface area contributed by atoms with Gasteiger partial charge in [-0.05, 0) is 43.0 Å². The van der Waals surface area contributed by atoms with Gasteiger partial charge in [0.1, 0.15) is 11.8 Å². The lowest BCUT2D eigenvalue weighted by atomic mass is 9.67. The third-order valence-electron chi connectivity index (χ3n) is 5.98. The molecule has 0 unspecified atom stereocenters. The summed E-state index contributed by atoms with van der Waals surface area (Å²) < 4.78 is 13.0. The zero-order valence-electron chi connectivity index (χ0n) is 17.8. The highest BCUT2D eigenvalue weighted by atomic mass is 32.1. The maximum Gasteiger partial charge on any atom is 0.344 e. The van der Waals surface area contributed by atoms with Crippen molar-refractivity contribution >= 4 is 34.8 Å². The van der Waals surface area contributed by atoms with Gasteiger partial charge in [-0.15, -0.1) is 0 Å². The predicted octanol–water partition coefficient (Wildman–Crippen LogP) is 3.46. The molecule has 2 aromatic heterocycles. The Morgan fingerprint density at radius 2 is 2.03 bits per heavy atom. The minimum absolute atomic E-state index is 0.386. The fourth-order valence-electron chi connectivity index (χ4n) is 4.40. The van der Waals surface area contributed by atoms with Gasteiger partial charge in [0.2, 0.25) is 0 Å². The van der Waals surface area contributed by atoms with Crippen molar-refractivity contribution in [3.05, 3.63) is 72.2 Å². The van der Waals surface area contributed by atoms with Gasteiger partial charge in [0.25, 0.3) is 0 Å². The largest absolute Gasteiger partial charge is 0.458 e. The summed E-state index contributed by atoms with van der Waals surface area (Å²) in [5.74, 6) is -1.15. The van der Waals surface area contributed by atoms with Crippen molar-refractivity contribution in [1.82, 2.24) is 14.7 Å². The van der Waals surface area contributed by atoms with E-state index < -0.39 is 30.1 Å². The Labute approximate surface area is 191 Å². The quantitative estimate of drug-likeness (QED) is 0.454. The molecule has 1 saturated carbocycles. The van der Waals surface area contributed by atoms with Crippen LogP contribution in [0.25, 0.3) is 5.65 Å². The molecule has 166 valence electrons. The van der Waals surface area contributed by atoms with Crippen LogP contribution in [-0.4, -0.2) is 46.1 Å². The van der Waals surface area contributed by atoms with Crippen LogP contribution in [0.1, 0.15) is 41.6 Å². The molecule has 1 aliphatic carbocycles. The molecule has 2 heterocycles. The van der Waals surface area contributed by atoms with E-state index in [1.165, 1.54) is 0 Å². The molecule has 0 bridgehead atoms. The molecule has 2 atom stereocenters. The molecule has 0 saturated heterocycles. The second kappa shape index (κ2) is 9.48. The van der Waals surface area contributed by atoms with Crippen molar-refractivity contribution in [2.75, 3.05) is 13.7 Å². The van der Waals surface area contributed by atoms with Crippen molar-refractivity contribution in [2.45, 2.75) is 37.2 Å². The van der Waals surface area contributed by atoms with E-state index in [4.69, 9.17) is 21.7 Å². The van der Waals surface area contributed by atoms with Gasteiger partial charge in [-0.1, -0.05) is 42.9 Å². The second-order valence-corrected chi connectivity index (χ2v) is 8.24. The second-order valence-electron chi connectivity index (χ2n) is 7.83. The lowest BCUT2D eigenvalue weighted by Crippen LogP contribution is -2.54. The van der Waals surface area contributed by atoms with Crippen LogP contribution in [0.2, 0.25) is 0 Å². The van der Waals surface area contributed by atoms with Gasteiger partial charge in [0.05, 0.1) is 16.0 Å². The summed E-state index contributed by atoms with van der Waals surface area (Å²) in [4.78, 5) is 29.8. The number of fused-ring (bicyclic) bond motifs is 1. The monoisotopic (exact) mass is 451 g/mol. The number of carbonyl (C=O) groups is 2. The first kappa shape index (κ1) is 22.0. The number of pyridine rings is 1. The van der Waals surface area contributed by atoms with Crippen molar-refractivity contribution < 1.29 is 19.1 Å². The number of rotatable bonds is 6. The molecule has 1 fully saturated rings. The Morgan fingerprint density at radius 3 is 2.81 bits per heavy atom. The van der Waals surface area contributed by atoms with E-state index in [9.17, 15) is 9.59 Å². The minimum Gasteiger partial charge on any atom is -0.458 e. The fourth-order valence-corrected chi connectivity index (χ4v) is 4.75. The molecule has 1 N–H and O–H groups in total. The number of likely N-dealkylation sites (N-methyl/N-ethyl adjacent to an activating group) is 1. The molecule has 0 amide bonds. The highest BCUT2D eigenvalue weighted by Crippen LogP contribution is 2.42. The van der Waals surface area contributed by atoms with Gasteiger partial charge in [0, 0.05) is 25.6 Å². The highest BCUT2D eigenvalue weighted by Gasteiger charge is 2.48. The molecule has 7 nitrogen and oxygen atoms in total. The molecule has 8 heteroatoms. The molecule has 1 aromatic carbocycles. The van der Waals surface area contributed by atoms with Gasteiger partial charge in [0.15, 0.2) is 6.61 Å². The number of carbonyl (C=O) groups excluding carboxylic acids is 2. The molecular formula is C24H25N3O4S. The van der Waals surface area contributed by atoms with Crippen LogP contribution < -0.4 is 5.32 Å². The van der Waals surface area contributed by atoms with Crippen molar-refractivity contribution in [3.63, 3.8) is 0 Å². The van der Waals surface area contributed by atoms with E-state index >= 15 is 0 Å². The minimum atomic E-state index is -0.667. The Bertz CT molecular complexity index is 1130. The molecule has 0 radical (unpaired) electrons. The Kier molecular flexibility index (Phi) is 6.50. The third-order valence-corrected chi connectivity index (χ3v) is 6.55. The van der Waals surface area contributed by atoms with Crippen molar-refractivity contribution in [1.29, 1.82) is 0 Å². The summed E-state index contributed by atoms with van der Waals surface area (Å²) in [7, 11) is 1.79. The number of imidazole rings is 1. The Morgan fingerprint density at radius 1 is 1.22 bits per heavy atom. The van der Waals surface area contributed by atoms with Crippen molar-refractivity contribution in [2.24, 2.45) is 0 Å². The van der Waals surface area contributed by atoms with E-state index in [0.29, 0.717) is 17.0 Å². The van der Waals surface area contributed by atoms with Crippen LogP contribution in [0.5, 0.6) is 0 Å². The van der Waals surface area contributed by atoms with E-state index in [1.54, 1.807) is 43.6 Å². The summed E-state index contributed by atoms with van der Waals surface area (Å²) >= 11 is 5.76. The smallest absolute Gasteiger partial charge is 0.344 e. The number of thiocarbonyl (C=S) groups is 1. The summed E-state index contributed by atoms with van der Waals surface area (Å²) in [6.07, 6.45) is 8.43. The number of hydrogen-bond acceptors (Lipinski definition) is 6. The van der Waals surface area contributed by atoms with Gasteiger partial charge in [-0.3, -0.25) is 0 Å². The van der Waals surface area contributed by atoms with Gasteiger partial charge < -0.3 is 19.2 Å². The fraction of sp³-hybridized carbons (Fsp3) is 0.333. The van der Waals surface area contributed by atoms with Crippen LogP contribution in [0.3, 0.4) is 0 Å². The van der Waals surface area contributed by atoms with Crippen LogP contribution in [0, 0.1) is 0 Å². The van der Waals surface area contributed by atoms with E-state index in [2.05, 4.69) is 10.3 Å². The summed E-state index contributed by atoms with van der Waals surface area (Å²) in [5.41, 5.74) is 1.51. The van der Waals surface area contributed by atoms with E-state index in [1.807, 2.05) is 28.9 Å². The van der Waals surface area contributed by atoms with Crippen LogP contribution in [-0.2, 0) is 19.7 Å². The normalized spacial score (nSPS) is 20.5. The first-order valence-electron chi connectivity index (χ1n) is 10.6. The number of ether oxygens (including phenoxy) is 2. The Balaban J connectivity index is 1.55. The predicted molar refractivity (Wildman–Crippen MR) is 124 cm³/mol. The standard InChI is InChI=1S/C24H25N3O4S/c1-25-23(32)24(18-10-11-20-26-13-14-27(20)15-18)12-6-5-9-19(24)31-21(28)16-30-22(29)17-7-3-2-4-8-17/h2-4,7-8,10-11,13-15,19H,5-6,9,12,16H2,1H3,(H,25,32)/t19-,24+/m1/s1. The topological polar surface area (TPSA) is 81.9 Å². The molecule has 3 aromatic rings. The van der Waals surface area contributed by atoms with Crippen LogP contribution in [0.15, 0.2) is 61.1 Å². The van der Waals surface area contributed by atoms with Crippen LogP contribution in [0.4, 0.5) is 0 Å². The SMILES string of the molecule is CNC(=S)[C@]1(c2ccc3nccn3c2)CCCC[C@H]1OC(=O)COC(=O)c1ccccc1. The number of aromatic nitrogens is 2. The van der Waals surface area contributed by atoms with E-state index in [-0.39, 0.29) is 0 Å². The molecule has 0 spiro atoms. The average molecular weight is 452 g/mol. The maximum atomic E-state index is 12.7. The van der Waals surface area contributed by atoms with Crippen LogP contribution >= 0.6 is 12.2 Å². The summed E-state index contributed by atoms with van der Waals surface area (Å²) in [6.45, 7) is -0.451. The molecular weight excluding hydrogens is 426 g/mol.